The quantitative estimate of drug-likeness (QED) is 0.591. The van der Waals surface area contributed by atoms with Crippen LogP contribution in [-0.4, -0.2) is 37.5 Å². The molecule has 1 heterocycles. The molecule has 3 N–H and O–H groups in total. The van der Waals surface area contributed by atoms with Crippen molar-refractivity contribution in [3.63, 3.8) is 0 Å². The Morgan fingerprint density at radius 1 is 1.11 bits per heavy atom. The predicted octanol–water partition coefficient (Wildman–Crippen LogP) is 0.161. The first-order valence-electron chi connectivity index (χ1n) is 7.03. The fraction of sp³-hybridized carbons (Fsp3) is 0.846. The Morgan fingerprint density at radius 3 is 2.50 bits per heavy atom. The Bertz CT molecular complexity index is 297. The monoisotopic (exact) mass is 253 g/mol. The lowest BCUT2D eigenvalue weighted by Crippen LogP contribution is -2.38. The van der Waals surface area contributed by atoms with Crippen molar-refractivity contribution in [1.82, 2.24) is 16.0 Å². The lowest BCUT2D eigenvalue weighted by molar-refractivity contribution is -0.126. The van der Waals surface area contributed by atoms with Crippen LogP contribution < -0.4 is 16.0 Å². The number of hydrogen-bond donors (Lipinski definition) is 3. The minimum absolute atomic E-state index is 0.119. The smallest absolute Gasteiger partial charge is 0.223 e. The fourth-order valence-electron chi connectivity index (χ4n) is 2.22. The normalized spacial score (nSPS) is 20.4. The maximum absolute atomic E-state index is 11.8. The standard InChI is InChI=1S/C13H23N3O2/c17-12(16-11-3-4-11)2-1-7-15-13(18)10-5-8-14-9-6-10/h10-11,14H,1-9H2,(H,15,18)(H,16,17). The first-order valence-corrected chi connectivity index (χ1v) is 7.03. The number of amides is 2. The number of piperidine rings is 1. The van der Waals surface area contributed by atoms with Gasteiger partial charge in [-0.2, -0.15) is 0 Å². The molecule has 2 aliphatic rings. The highest BCUT2D eigenvalue weighted by molar-refractivity contribution is 5.79. The van der Waals surface area contributed by atoms with E-state index in [9.17, 15) is 9.59 Å². The maximum atomic E-state index is 11.8. The van der Waals surface area contributed by atoms with E-state index in [4.69, 9.17) is 0 Å². The van der Waals surface area contributed by atoms with Gasteiger partial charge in [-0.15, -0.1) is 0 Å². The van der Waals surface area contributed by atoms with Crippen LogP contribution in [0.1, 0.15) is 38.5 Å². The number of carbonyl (C=O) groups excluding carboxylic acids is 2. The molecule has 1 saturated carbocycles. The molecule has 18 heavy (non-hydrogen) atoms. The van der Waals surface area contributed by atoms with Crippen LogP contribution in [0.3, 0.4) is 0 Å². The second kappa shape index (κ2) is 6.73. The van der Waals surface area contributed by atoms with E-state index in [2.05, 4.69) is 16.0 Å². The molecule has 0 bridgehead atoms. The molecule has 0 radical (unpaired) electrons. The third kappa shape index (κ3) is 4.64. The van der Waals surface area contributed by atoms with Crippen LogP contribution in [0.4, 0.5) is 0 Å². The van der Waals surface area contributed by atoms with Crippen molar-refractivity contribution in [2.45, 2.75) is 44.6 Å². The molecule has 0 aromatic heterocycles. The topological polar surface area (TPSA) is 70.2 Å². The average molecular weight is 253 g/mol. The third-order valence-electron chi connectivity index (χ3n) is 3.53. The highest BCUT2D eigenvalue weighted by Crippen LogP contribution is 2.18. The molecular formula is C13H23N3O2. The zero-order chi connectivity index (χ0) is 12.8. The summed E-state index contributed by atoms with van der Waals surface area (Å²) in [6.45, 7) is 2.48. The molecule has 5 heteroatoms. The highest BCUT2D eigenvalue weighted by Gasteiger charge is 2.23. The van der Waals surface area contributed by atoms with Crippen molar-refractivity contribution in [1.29, 1.82) is 0 Å². The molecule has 2 rings (SSSR count). The molecule has 0 spiro atoms. The van der Waals surface area contributed by atoms with Crippen molar-refractivity contribution in [3.8, 4) is 0 Å². The third-order valence-corrected chi connectivity index (χ3v) is 3.53. The van der Waals surface area contributed by atoms with Gasteiger partial charge in [0.05, 0.1) is 0 Å². The van der Waals surface area contributed by atoms with Gasteiger partial charge in [-0.3, -0.25) is 9.59 Å². The van der Waals surface area contributed by atoms with Crippen LogP contribution in [-0.2, 0) is 9.59 Å². The molecule has 1 aliphatic carbocycles. The van der Waals surface area contributed by atoms with Crippen molar-refractivity contribution < 1.29 is 9.59 Å². The van der Waals surface area contributed by atoms with E-state index in [1.54, 1.807) is 0 Å². The Labute approximate surface area is 108 Å². The van der Waals surface area contributed by atoms with E-state index >= 15 is 0 Å². The summed E-state index contributed by atoms with van der Waals surface area (Å²) in [5.41, 5.74) is 0. The van der Waals surface area contributed by atoms with Crippen molar-refractivity contribution in [3.05, 3.63) is 0 Å². The van der Waals surface area contributed by atoms with Gasteiger partial charge in [0.15, 0.2) is 0 Å². The molecule has 2 fully saturated rings. The van der Waals surface area contributed by atoms with Gasteiger partial charge in [0.25, 0.3) is 0 Å². The molecule has 1 saturated heterocycles. The summed E-state index contributed by atoms with van der Waals surface area (Å²) in [7, 11) is 0. The average Bonchev–Trinajstić information content (AvgIpc) is 3.19. The molecule has 102 valence electrons. The molecule has 0 aromatic carbocycles. The molecule has 5 nitrogen and oxygen atoms in total. The zero-order valence-electron chi connectivity index (χ0n) is 10.8. The van der Waals surface area contributed by atoms with Gasteiger partial charge >= 0.3 is 0 Å². The van der Waals surface area contributed by atoms with Gasteiger partial charge in [-0.25, -0.2) is 0 Å². The van der Waals surface area contributed by atoms with Gasteiger partial charge in [0.1, 0.15) is 0 Å². The Kier molecular flexibility index (Phi) is 4.99. The van der Waals surface area contributed by atoms with Gasteiger partial charge in [0.2, 0.25) is 11.8 Å². The second-order valence-corrected chi connectivity index (χ2v) is 5.26. The fourth-order valence-corrected chi connectivity index (χ4v) is 2.22. The first-order chi connectivity index (χ1) is 8.75. The Morgan fingerprint density at radius 2 is 1.83 bits per heavy atom. The summed E-state index contributed by atoms with van der Waals surface area (Å²) < 4.78 is 0. The lowest BCUT2D eigenvalue weighted by atomic mass is 9.97. The number of nitrogens with one attached hydrogen (secondary N) is 3. The first kappa shape index (κ1) is 13.3. The summed E-state index contributed by atoms with van der Waals surface area (Å²) in [6, 6.07) is 0.432. The van der Waals surface area contributed by atoms with Crippen LogP contribution >= 0.6 is 0 Å². The largest absolute Gasteiger partial charge is 0.356 e. The van der Waals surface area contributed by atoms with E-state index in [-0.39, 0.29) is 17.7 Å². The van der Waals surface area contributed by atoms with E-state index < -0.39 is 0 Å². The second-order valence-electron chi connectivity index (χ2n) is 5.26. The van der Waals surface area contributed by atoms with Crippen molar-refractivity contribution in [2.24, 2.45) is 5.92 Å². The van der Waals surface area contributed by atoms with Crippen LogP contribution in [0, 0.1) is 5.92 Å². The summed E-state index contributed by atoms with van der Waals surface area (Å²) in [6.07, 6.45) is 5.34. The minimum Gasteiger partial charge on any atom is -0.356 e. The maximum Gasteiger partial charge on any atom is 0.223 e. The summed E-state index contributed by atoms with van der Waals surface area (Å²) in [5, 5.41) is 9.12. The number of rotatable bonds is 6. The molecule has 2 amide bonds. The van der Waals surface area contributed by atoms with Gasteiger partial charge < -0.3 is 16.0 Å². The van der Waals surface area contributed by atoms with Gasteiger partial charge in [-0.1, -0.05) is 0 Å². The van der Waals surface area contributed by atoms with E-state index in [0.29, 0.717) is 19.0 Å². The molecule has 0 aromatic rings. The number of hydrogen-bond acceptors (Lipinski definition) is 3. The predicted molar refractivity (Wildman–Crippen MR) is 69.0 cm³/mol. The number of carbonyl (C=O) groups is 2. The van der Waals surface area contributed by atoms with Crippen LogP contribution in [0.2, 0.25) is 0 Å². The molecule has 0 atom stereocenters. The summed E-state index contributed by atoms with van der Waals surface area (Å²) in [4.78, 5) is 23.2. The SMILES string of the molecule is O=C(CCCNC(=O)C1CCNCC1)NC1CC1. The van der Waals surface area contributed by atoms with Gasteiger partial charge in [-0.05, 0) is 45.2 Å². The highest BCUT2D eigenvalue weighted by atomic mass is 16.2. The van der Waals surface area contributed by atoms with Crippen molar-refractivity contribution >= 4 is 11.8 Å². The van der Waals surface area contributed by atoms with E-state index in [1.807, 2.05) is 0 Å². The lowest BCUT2D eigenvalue weighted by Gasteiger charge is -2.21. The Hall–Kier alpha value is -1.10. The summed E-state index contributed by atoms with van der Waals surface area (Å²) >= 11 is 0. The van der Waals surface area contributed by atoms with Gasteiger partial charge in [0, 0.05) is 24.9 Å². The van der Waals surface area contributed by atoms with Crippen molar-refractivity contribution in [2.75, 3.05) is 19.6 Å². The molecule has 1 aliphatic heterocycles. The summed E-state index contributed by atoms with van der Waals surface area (Å²) in [5.74, 6) is 0.430. The van der Waals surface area contributed by atoms with E-state index in [1.165, 1.54) is 0 Å². The molecule has 0 unspecified atom stereocenters. The van der Waals surface area contributed by atoms with Crippen LogP contribution in [0.25, 0.3) is 0 Å². The Balaban J connectivity index is 1.51. The minimum atomic E-state index is 0.119. The zero-order valence-corrected chi connectivity index (χ0v) is 10.8. The van der Waals surface area contributed by atoms with E-state index in [0.717, 1.165) is 45.2 Å². The van der Waals surface area contributed by atoms with Crippen LogP contribution in [0.5, 0.6) is 0 Å². The van der Waals surface area contributed by atoms with Crippen LogP contribution in [0.15, 0.2) is 0 Å². The molecular weight excluding hydrogens is 230 g/mol.